The maximum Gasteiger partial charge on any atom is 0.204 e. The Morgan fingerprint density at radius 1 is 1.16 bits per heavy atom. The number of fused-ring (bicyclic) bond motifs is 1. The van der Waals surface area contributed by atoms with Gasteiger partial charge in [-0.2, -0.15) is 0 Å². The molecule has 0 saturated carbocycles. The van der Waals surface area contributed by atoms with Gasteiger partial charge in [0.15, 0.2) is 9.84 Å². The van der Waals surface area contributed by atoms with E-state index in [1.165, 1.54) is 16.7 Å². The van der Waals surface area contributed by atoms with Crippen LogP contribution < -0.4 is 15.8 Å². The van der Waals surface area contributed by atoms with Gasteiger partial charge >= 0.3 is 0 Å². The lowest BCUT2D eigenvalue weighted by molar-refractivity contribution is 0.160. The molecule has 3 N–H and O–H groups in total. The molecular weight excluding hydrogens is 432 g/mol. The number of rotatable bonds is 8. The van der Waals surface area contributed by atoms with Gasteiger partial charge < -0.3 is 15.8 Å². The molecule has 3 unspecified atom stereocenters. The molecule has 2 aromatic rings. The van der Waals surface area contributed by atoms with Crippen molar-refractivity contribution in [1.82, 2.24) is 5.32 Å². The second-order valence-corrected chi connectivity index (χ2v) is 10.8. The minimum absolute atomic E-state index is 0. The molecule has 4 rings (SSSR count). The van der Waals surface area contributed by atoms with Crippen molar-refractivity contribution in [3.05, 3.63) is 65.2 Å². The van der Waals surface area contributed by atoms with Gasteiger partial charge in [-0.15, -0.1) is 12.4 Å². The molecule has 1 heterocycles. The first-order valence-electron chi connectivity index (χ1n) is 11.0. The Hall–Kier alpha value is -1.60. The van der Waals surface area contributed by atoms with Crippen LogP contribution in [0.3, 0.4) is 0 Å². The van der Waals surface area contributed by atoms with Crippen molar-refractivity contribution >= 4 is 22.2 Å². The van der Waals surface area contributed by atoms with Gasteiger partial charge in [-0.3, -0.25) is 0 Å². The molecule has 31 heavy (non-hydrogen) atoms. The topological polar surface area (TPSA) is 81.4 Å². The van der Waals surface area contributed by atoms with Crippen molar-refractivity contribution in [3.8, 4) is 5.75 Å². The number of sulfone groups is 1. The fourth-order valence-corrected chi connectivity index (χ4v) is 6.44. The average molecular weight is 465 g/mol. The van der Waals surface area contributed by atoms with Crippen LogP contribution in [0.5, 0.6) is 5.75 Å². The number of nitrogens with one attached hydrogen (secondary N) is 1. The molecule has 2 aliphatic rings. The van der Waals surface area contributed by atoms with E-state index in [1.807, 2.05) is 25.1 Å². The first-order valence-corrected chi connectivity index (χ1v) is 12.7. The quantitative estimate of drug-likeness (QED) is 0.625. The summed E-state index contributed by atoms with van der Waals surface area (Å²) in [4.78, 5) is 0. The van der Waals surface area contributed by atoms with Crippen molar-refractivity contribution in [1.29, 1.82) is 0 Å². The van der Waals surface area contributed by atoms with Gasteiger partial charge in [0.25, 0.3) is 0 Å². The first-order chi connectivity index (χ1) is 14.5. The Kier molecular flexibility index (Phi) is 8.03. The molecule has 2 aromatic carbocycles. The molecule has 1 fully saturated rings. The van der Waals surface area contributed by atoms with Gasteiger partial charge in [-0.1, -0.05) is 43.3 Å². The lowest BCUT2D eigenvalue weighted by atomic mass is 9.76. The van der Waals surface area contributed by atoms with E-state index < -0.39 is 15.3 Å². The molecule has 1 aliphatic carbocycles. The van der Waals surface area contributed by atoms with Crippen molar-refractivity contribution in [2.45, 2.75) is 50.0 Å². The Morgan fingerprint density at radius 3 is 2.55 bits per heavy atom. The van der Waals surface area contributed by atoms with Crippen LogP contribution in [0.1, 0.15) is 42.4 Å². The molecule has 0 amide bonds. The number of benzene rings is 2. The maximum atomic E-state index is 12.8. The molecular formula is C24H33ClN2O3S. The summed E-state index contributed by atoms with van der Waals surface area (Å²) in [6, 6.07) is 16.6. The van der Waals surface area contributed by atoms with Crippen molar-refractivity contribution < 1.29 is 13.2 Å². The molecule has 0 spiro atoms. The molecule has 0 bridgehead atoms. The zero-order valence-electron chi connectivity index (χ0n) is 18.0. The molecule has 1 aliphatic heterocycles. The summed E-state index contributed by atoms with van der Waals surface area (Å²) >= 11 is 0. The third-order valence-electron chi connectivity index (χ3n) is 6.37. The summed E-state index contributed by atoms with van der Waals surface area (Å²) in [5, 5.41) is 3.17. The molecule has 170 valence electrons. The van der Waals surface area contributed by atoms with Crippen LogP contribution >= 0.6 is 12.4 Å². The molecule has 7 heteroatoms. The predicted octanol–water partition coefficient (Wildman–Crippen LogP) is 3.46. The highest BCUT2D eigenvalue weighted by molar-refractivity contribution is 7.91. The van der Waals surface area contributed by atoms with Crippen LogP contribution in [0.25, 0.3) is 0 Å². The summed E-state index contributed by atoms with van der Waals surface area (Å²) in [5.41, 5.74) is 9.51. The molecule has 0 aromatic heterocycles. The number of halogens is 1. The van der Waals surface area contributed by atoms with Gasteiger partial charge in [0, 0.05) is 31.0 Å². The average Bonchev–Trinajstić information content (AvgIpc) is 2.69. The number of hydrogen-bond acceptors (Lipinski definition) is 5. The highest BCUT2D eigenvalue weighted by atomic mass is 35.5. The summed E-state index contributed by atoms with van der Waals surface area (Å²) < 4.78 is 31.9. The van der Waals surface area contributed by atoms with Crippen LogP contribution in [0.15, 0.2) is 48.5 Å². The highest BCUT2D eigenvalue weighted by Gasteiger charge is 2.38. The Bertz CT molecular complexity index is 964. The Labute approximate surface area is 192 Å². The van der Waals surface area contributed by atoms with E-state index in [2.05, 4.69) is 35.6 Å². The number of nitrogens with two attached hydrogens (primary N) is 1. The van der Waals surface area contributed by atoms with Gasteiger partial charge in [0.2, 0.25) is 5.44 Å². The molecule has 0 radical (unpaired) electrons. The Morgan fingerprint density at radius 2 is 1.90 bits per heavy atom. The lowest BCUT2D eigenvalue weighted by Crippen LogP contribution is -2.53. The Balaban J connectivity index is 0.00000272. The maximum absolute atomic E-state index is 12.8. The van der Waals surface area contributed by atoms with Crippen molar-refractivity contribution in [2.75, 3.05) is 18.8 Å². The van der Waals surface area contributed by atoms with Gasteiger partial charge in [0.05, 0.1) is 5.75 Å². The standard InChI is InChI=1S/C24H32N2O3S.ClH/c1-2-12-30(27,28)24(19-15-26-16-19)29-20-10-8-18-9-11-23(25)22(21(18)14-20)13-17-6-4-3-5-7-17;/h3-8,10,14,19,22-24,26H,2,9,11-13,15-16,25H2,1H3;1H. The summed E-state index contributed by atoms with van der Waals surface area (Å²) in [5.74, 6) is 0.994. The minimum atomic E-state index is -3.31. The van der Waals surface area contributed by atoms with Gasteiger partial charge in [0.1, 0.15) is 5.75 Å². The van der Waals surface area contributed by atoms with Crippen molar-refractivity contribution in [3.63, 3.8) is 0 Å². The zero-order valence-corrected chi connectivity index (χ0v) is 19.6. The zero-order chi connectivity index (χ0) is 21.1. The van der Waals surface area contributed by atoms with Crippen LogP contribution in [-0.4, -0.2) is 38.7 Å². The minimum Gasteiger partial charge on any atom is -0.474 e. The summed E-state index contributed by atoms with van der Waals surface area (Å²) in [6.07, 6.45) is 3.39. The normalized spacial score (nSPS) is 22.0. The molecule has 1 saturated heterocycles. The van der Waals surface area contributed by atoms with Crippen LogP contribution in [0.2, 0.25) is 0 Å². The van der Waals surface area contributed by atoms with E-state index in [9.17, 15) is 8.42 Å². The third-order valence-corrected chi connectivity index (χ3v) is 8.54. The molecule has 5 nitrogen and oxygen atoms in total. The van der Waals surface area contributed by atoms with Gasteiger partial charge in [-0.25, -0.2) is 8.42 Å². The number of hydrogen-bond donors (Lipinski definition) is 2. The van der Waals surface area contributed by atoms with Crippen LogP contribution in [0.4, 0.5) is 0 Å². The summed E-state index contributed by atoms with van der Waals surface area (Å²) in [7, 11) is -3.31. The summed E-state index contributed by atoms with van der Waals surface area (Å²) in [6.45, 7) is 3.25. The smallest absolute Gasteiger partial charge is 0.204 e. The van der Waals surface area contributed by atoms with Crippen LogP contribution in [0, 0.1) is 5.92 Å². The molecule has 3 atom stereocenters. The SMILES string of the molecule is CCCS(=O)(=O)C(Oc1ccc2c(c1)C(Cc1ccccc1)C(N)CC2)C1CNC1.Cl. The van der Waals surface area contributed by atoms with Crippen molar-refractivity contribution in [2.24, 2.45) is 11.7 Å². The second-order valence-electron chi connectivity index (χ2n) is 8.63. The highest BCUT2D eigenvalue weighted by Crippen LogP contribution is 2.36. The van der Waals surface area contributed by atoms with Crippen LogP contribution in [-0.2, 0) is 22.7 Å². The van der Waals surface area contributed by atoms with E-state index in [0.717, 1.165) is 19.3 Å². The van der Waals surface area contributed by atoms with E-state index >= 15 is 0 Å². The first kappa shape index (κ1) is 24.1. The second kappa shape index (κ2) is 10.3. The third kappa shape index (κ3) is 5.43. The van der Waals surface area contributed by atoms with E-state index in [1.54, 1.807) is 0 Å². The number of ether oxygens (including phenoxy) is 1. The fourth-order valence-electron chi connectivity index (χ4n) is 4.60. The van der Waals surface area contributed by atoms with E-state index in [4.69, 9.17) is 10.5 Å². The van der Waals surface area contributed by atoms with Gasteiger partial charge in [-0.05, 0) is 54.5 Å². The van der Waals surface area contributed by atoms with E-state index in [0.29, 0.717) is 25.3 Å². The monoisotopic (exact) mass is 464 g/mol. The number of aryl methyl sites for hydroxylation is 1. The fraction of sp³-hybridized carbons (Fsp3) is 0.500. The predicted molar refractivity (Wildman–Crippen MR) is 128 cm³/mol. The van der Waals surface area contributed by atoms with E-state index in [-0.39, 0.29) is 36.0 Å². The lowest BCUT2D eigenvalue weighted by Gasteiger charge is -2.35. The largest absolute Gasteiger partial charge is 0.474 e.